The predicted molar refractivity (Wildman–Crippen MR) is 107 cm³/mol. The number of ether oxygens (including phenoxy) is 2. The molecule has 5 nitrogen and oxygen atoms in total. The molecule has 0 amide bonds. The van der Waals surface area contributed by atoms with Crippen molar-refractivity contribution in [3.63, 3.8) is 0 Å². The van der Waals surface area contributed by atoms with E-state index in [1.165, 1.54) is 12.1 Å². The second kappa shape index (κ2) is 9.18. The van der Waals surface area contributed by atoms with Gasteiger partial charge in [-0.05, 0) is 48.0 Å². The van der Waals surface area contributed by atoms with Crippen LogP contribution < -0.4 is 9.47 Å². The maximum atomic E-state index is 14.6. The van der Waals surface area contributed by atoms with E-state index in [1.54, 1.807) is 0 Å². The van der Waals surface area contributed by atoms with Crippen LogP contribution in [0.2, 0.25) is 0 Å². The van der Waals surface area contributed by atoms with Crippen molar-refractivity contribution >= 4 is 15.8 Å². The van der Waals surface area contributed by atoms with Gasteiger partial charge < -0.3 is 9.47 Å². The monoisotopic (exact) mass is 486 g/mol. The molecule has 174 valence electrons. The molecule has 0 aliphatic rings. The third kappa shape index (κ3) is 6.28. The van der Waals surface area contributed by atoms with Crippen molar-refractivity contribution < 1.29 is 44.6 Å². The number of hydrogen-bond donors (Lipinski definition) is 0. The molecule has 0 aromatic heterocycles. The quantitative estimate of drug-likeness (QED) is 0.255. The Morgan fingerprint density at radius 3 is 2.12 bits per heavy atom. The van der Waals surface area contributed by atoms with Crippen LogP contribution in [-0.4, -0.2) is 14.4 Å². The maximum absolute atomic E-state index is 14.6. The highest BCUT2D eigenvalue weighted by molar-refractivity contribution is 7.90. The fourth-order valence-electron chi connectivity index (χ4n) is 2.79. The average Bonchev–Trinajstić information content (AvgIpc) is 2.69. The van der Waals surface area contributed by atoms with Gasteiger partial charge in [-0.15, -0.1) is 0 Å². The number of carbonyl (C=O) groups is 1. The van der Waals surface area contributed by atoms with Gasteiger partial charge in [-0.3, -0.25) is 4.79 Å². The first-order valence-corrected chi connectivity index (χ1v) is 10.8. The number of carbonyl (C=O) groups excluding carboxylic acids is 1. The van der Waals surface area contributed by atoms with Crippen LogP contribution in [-0.2, 0) is 26.6 Å². The van der Waals surface area contributed by atoms with Gasteiger partial charge in [0.05, 0.1) is 16.2 Å². The Morgan fingerprint density at radius 2 is 1.55 bits per heavy atom. The zero-order chi connectivity index (χ0) is 24.4. The van der Waals surface area contributed by atoms with Crippen LogP contribution in [0.5, 0.6) is 17.2 Å². The third-order valence-electron chi connectivity index (χ3n) is 4.23. The average molecular weight is 486 g/mol. The van der Waals surface area contributed by atoms with Gasteiger partial charge in [0.1, 0.15) is 17.3 Å². The highest BCUT2D eigenvalue weighted by Gasteiger charge is 2.32. The molecule has 0 fully saturated rings. The van der Waals surface area contributed by atoms with Crippen LogP contribution in [0.4, 0.5) is 22.0 Å². The minimum Gasteiger partial charge on any atom is -0.454 e. The molecule has 33 heavy (non-hydrogen) atoms. The Morgan fingerprint density at radius 1 is 0.909 bits per heavy atom. The molecule has 0 saturated carbocycles. The molecule has 0 heterocycles. The Hall–Kier alpha value is -3.47. The summed E-state index contributed by atoms with van der Waals surface area (Å²) < 4.78 is 102. The first kappa shape index (κ1) is 24.2. The van der Waals surface area contributed by atoms with E-state index in [9.17, 15) is 35.2 Å². The van der Waals surface area contributed by atoms with Crippen molar-refractivity contribution in [1.82, 2.24) is 0 Å². The molecule has 0 bridgehead atoms. The summed E-state index contributed by atoms with van der Waals surface area (Å²) in [5.74, 6) is -4.59. The topological polar surface area (TPSA) is 69.7 Å². The van der Waals surface area contributed by atoms with Crippen LogP contribution in [0.15, 0.2) is 65.6 Å². The number of benzene rings is 3. The van der Waals surface area contributed by atoms with E-state index in [0.29, 0.717) is 18.2 Å². The number of hydrogen-bond acceptors (Lipinski definition) is 5. The summed E-state index contributed by atoms with van der Waals surface area (Å²) in [5.41, 5.74) is -0.922. The van der Waals surface area contributed by atoms with Gasteiger partial charge in [-0.2, -0.15) is 13.2 Å². The van der Waals surface area contributed by atoms with Gasteiger partial charge in [0.25, 0.3) is 0 Å². The minimum absolute atomic E-state index is 0.277. The van der Waals surface area contributed by atoms with Gasteiger partial charge in [-0.25, -0.2) is 17.2 Å². The van der Waals surface area contributed by atoms with E-state index < -0.39 is 67.1 Å². The molecule has 11 heteroatoms. The van der Waals surface area contributed by atoms with Crippen molar-refractivity contribution in [2.75, 3.05) is 0 Å². The predicted octanol–water partition coefficient (Wildman–Crippen LogP) is 5.68. The Kier molecular flexibility index (Phi) is 6.73. The zero-order valence-corrected chi connectivity index (χ0v) is 17.6. The van der Waals surface area contributed by atoms with Gasteiger partial charge in [0.15, 0.2) is 21.4 Å². The molecule has 0 atom stereocenters. The first-order valence-electron chi connectivity index (χ1n) is 9.19. The summed E-state index contributed by atoms with van der Waals surface area (Å²) >= 11 is 0. The number of alkyl halides is 3. The van der Waals surface area contributed by atoms with Crippen molar-refractivity contribution in [3.05, 3.63) is 83.4 Å². The molecule has 0 saturated heterocycles. The smallest absolute Gasteiger partial charge is 0.416 e. The fourth-order valence-corrected chi connectivity index (χ4v) is 4.14. The fraction of sp³-hybridized carbons (Fsp3) is 0.136. The number of rotatable bonds is 6. The SMILES string of the molecule is CC(=O)Oc1cc(Oc2ccc(S(=O)(=O)Cc3ccc(F)cc3)cc2F)cc(C(F)(F)F)c1. The third-order valence-corrected chi connectivity index (χ3v) is 5.91. The highest BCUT2D eigenvalue weighted by Crippen LogP contribution is 2.37. The number of sulfone groups is 1. The van der Waals surface area contributed by atoms with E-state index in [1.807, 2.05) is 0 Å². The Bertz CT molecular complexity index is 1290. The molecule has 0 radical (unpaired) electrons. The van der Waals surface area contributed by atoms with E-state index in [0.717, 1.165) is 37.3 Å². The van der Waals surface area contributed by atoms with E-state index in [-0.39, 0.29) is 5.56 Å². The lowest BCUT2D eigenvalue weighted by molar-refractivity contribution is -0.138. The molecular weight excluding hydrogens is 471 g/mol. The Balaban J connectivity index is 1.88. The van der Waals surface area contributed by atoms with Crippen LogP contribution in [0.1, 0.15) is 18.1 Å². The summed E-state index contributed by atoms with van der Waals surface area (Å²) in [5, 5.41) is 0. The van der Waals surface area contributed by atoms with Crippen LogP contribution >= 0.6 is 0 Å². The van der Waals surface area contributed by atoms with Crippen molar-refractivity contribution in [3.8, 4) is 17.2 Å². The van der Waals surface area contributed by atoms with Crippen LogP contribution in [0.3, 0.4) is 0 Å². The summed E-state index contributed by atoms with van der Waals surface area (Å²) in [6, 6.07) is 9.45. The minimum atomic E-state index is -4.80. The van der Waals surface area contributed by atoms with E-state index in [4.69, 9.17) is 4.74 Å². The number of halogens is 5. The van der Waals surface area contributed by atoms with Gasteiger partial charge in [-0.1, -0.05) is 12.1 Å². The molecule has 0 N–H and O–H groups in total. The highest BCUT2D eigenvalue weighted by atomic mass is 32.2. The summed E-state index contributed by atoms with van der Waals surface area (Å²) in [4.78, 5) is 10.7. The molecule has 0 unspecified atom stereocenters. The summed E-state index contributed by atoms with van der Waals surface area (Å²) in [6.07, 6.45) is -4.80. The van der Waals surface area contributed by atoms with Crippen molar-refractivity contribution in [2.24, 2.45) is 0 Å². The van der Waals surface area contributed by atoms with E-state index in [2.05, 4.69) is 4.74 Å². The molecule has 3 aromatic rings. The Labute approximate surface area is 185 Å². The van der Waals surface area contributed by atoms with Gasteiger partial charge in [0.2, 0.25) is 0 Å². The van der Waals surface area contributed by atoms with E-state index >= 15 is 0 Å². The molecule has 0 aliphatic heterocycles. The van der Waals surface area contributed by atoms with Gasteiger partial charge in [0, 0.05) is 13.0 Å². The molecule has 3 rings (SSSR count). The molecular formula is C22H15F5O5S. The second-order valence-electron chi connectivity index (χ2n) is 6.86. The lowest BCUT2D eigenvalue weighted by Crippen LogP contribution is -2.08. The molecule has 0 spiro atoms. The second-order valence-corrected chi connectivity index (χ2v) is 8.85. The summed E-state index contributed by atoms with van der Waals surface area (Å²) in [6.45, 7) is 0.992. The lowest BCUT2D eigenvalue weighted by atomic mass is 10.2. The molecule has 3 aromatic carbocycles. The summed E-state index contributed by atoms with van der Waals surface area (Å²) in [7, 11) is -4.01. The maximum Gasteiger partial charge on any atom is 0.416 e. The molecule has 0 aliphatic carbocycles. The zero-order valence-electron chi connectivity index (χ0n) is 16.8. The first-order chi connectivity index (χ1) is 15.3. The largest absolute Gasteiger partial charge is 0.454 e. The normalized spacial score (nSPS) is 11.8. The van der Waals surface area contributed by atoms with Crippen LogP contribution in [0.25, 0.3) is 0 Å². The standard InChI is InChI=1S/C22H15F5O5S/c1-13(28)31-17-8-15(22(25,26)27)9-18(10-17)32-21-7-6-19(11-20(21)24)33(29,30)12-14-2-4-16(23)5-3-14/h2-11H,12H2,1H3. The van der Waals surface area contributed by atoms with Crippen molar-refractivity contribution in [2.45, 2.75) is 23.7 Å². The van der Waals surface area contributed by atoms with Gasteiger partial charge >= 0.3 is 12.1 Å². The van der Waals surface area contributed by atoms with Crippen LogP contribution in [0, 0.1) is 11.6 Å². The van der Waals surface area contributed by atoms with Crippen molar-refractivity contribution in [1.29, 1.82) is 0 Å². The lowest BCUT2D eigenvalue weighted by Gasteiger charge is -2.13. The number of esters is 1.